The van der Waals surface area contributed by atoms with Crippen LogP contribution in [-0.2, 0) is 9.59 Å². The van der Waals surface area contributed by atoms with E-state index in [-0.39, 0.29) is 12.8 Å². The first kappa shape index (κ1) is 16.3. The summed E-state index contributed by atoms with van der Waals surface area (Å²) in [5, 5.41) is 24.8. The van der Waals surface area contributed by atoms with Gasteiger partial charge in [-0.3, -0.25) is 9.59 Å². The second-order valence-corrected chi connectivity index (χ2v) is 4.17. The minimum Gasteiger partial charge on any atom is -0.481 e. The number of hydrogen-bond acceptors (Lipinski definition) is 3. The average Bonchev–Trinajstić information content (AvgIpc) is 1.94. The fraction of sp³-hybridized carbons (Fsp3) is 0.800. The topological polar surface area (TPSA) is 94.8 Å². The van der Waals surface area contributed by atoms with E-state index in [2.05, 4.69) is 0 Å². The quantitative estimate of drug-likeness (QED) is 0.610. The fourth-order valence-corrected chi connectivity index (χ4v) is 0.552. The van der Waals surface area contributed by atoms with Crippen LogP contribution in [0.4, 0.5) is 0 Å². The monoisotopic (exact) mass is 220 g/mol. The molecule has 0 rings (SSSR count). The van der Waals surface area contributed by atoms with Gasteiger partial charge in [0.25, 0.3) is 0 Å². The van der Waals surface area contributed by atoms with Crippen molar-refractivity contribution in [3.63, 3.8) is 0 Å². The Morgan fingerprint density at radius 1 is 0.933 bits per heavy atom. The molecule has 0 saturated carbocycles. The number of aliphatic carboxylic acids is 2. The van der Waals surface area contributed by atoms with Crippen LogP contribution in [0.15, 0.2) is 0 Å². The summed E-state index contributed by atoms with van der Waals surface area (Å²) in [6.07, 6.45) is 1.02. The lowest BCUT2D eigenvalue weighted by molar-refractivity contribution is -0.139. The fourth-order valence-electron chi connectivity index (χ4n) is 0.552. The molecule has 0 aliphatic rings. The Bertz CT molecular complexity index is 170. The molecule has 0 fully saturated rings. The second kappa shape index (κ2) is 8.23. The van der Waals surface area contributed by atoms with Gasteiger partial charge in [-0.2, -0.15) is 0 Å². The summed E-state index contributed by atoms with van der Waals surface area (Å²) in [6.45, 7) is 5.23. The van der Waals surface area contributed by atoms with Crippen molar-refractivity contribution in [2.24, 2.45) is 0 Å². The van der Waals surface area contributed by atoms with Crippen molar-refractivity contribution in [1.29, 1.82) is 0 Å². The predicted molar refractivity (Wildman–Crippen MR) is 55.7 cm³/mol. The van der Waals surface area contributed by atoms with Crippen LogP contribution >= 0.6 is 0 Å². The maximum absolute atomic E-state index is 9.90. The molecule has 0 aliphatic carbocycles. The van der Waals surface area contributed by atoms with Gasteiger partial charge in [0.05, 0.1) is 5.60 Å². The molecule has 0 atom stereocenters. The van der Waals surface area contributed by atoms with Gasteiger partial charge in [-0.05, 0) is 33.6 Å². The maximum Gasteiger partial charge on any atom is 0.303 e. The van der Waals surface area contributed by atoms with E-state index >= 15 is 0 Å². The van der Waals surface area contributed by atoms with Gasteiger partial charge in [-0.25, -0.2) is 0 Å². The van der Waals surface area contributed by atoms with Crippen LogP contribution in [0, 0.1) is 0 Å². The molecular formula is C10H20O5. The molecule has 5 heteroatoms. The lowest BCUT2D eigenvalue weighted by atomic mass is 10.2. The standard InChI is InChI=1S/C6H10O4.C4H10O/c7-5(8)3-1-2-4-6(9)10;1-4(2,3)5/h1-4H2,(H,7,8)(H,9,10);5H,1-3H3. The number of hydrogen-bond donors (Lipinski definition) is 3. The van der Waals surface area contributed by atoms with Crippen molar-refractivity contribution >= 4 is 11.9 Å². The zero-order valence-corrected chi connectivity index (χ0v) is 9.49. The molecule has 0 aromatic carbocycles. The highest BCUT2D eigenvalue weighted by molar-refractivity contribution is 5.67. The molecule has 0 heterocycles. The third kappa shape index (κ3) is 44.0. The van der Waals surface area contributed by atoms with Gasteiger partial charge in [0, 0.05) is 12.8 Å². The highest BCUT2D eigenvalue weighted by Crippen LogP contribution is 1.98. The third-order valence-corrected chi connectivity index (χ3v) is 1.03. The molecule has 5 nitrogen and oxygen atoms in total. The van der Waals surface area contributed by atoms with Gasteiger partial charge >= 0.3 is 11.9 Å². The SMILES string of the molecule is CC(C)(C)O.O=C(O)CCCCC(=O)O. The molecule has 90 valence electrons. The van der Waals surface area contributed by atoms with E-state index in [0.29, 0.717) is 12.8 Å². The first-order valence-electron chi connectivity index (χ1n) is 4.79. The van der Waals surface area contributed by atoms with E-state index in [1.807, 2.05) is 0 Å². The van der Waals surface area contributed by atoms with E-state index in [1.165, 1.54) is 0 Å². The van der Waals surface area contributed by atoms with Crippen LogP contribution in [0.2, 0.25) is 0 Å². The summed E-state index contributed by atoms with van der Waals surface area (Å²) >= 11 is 0. The summed E-state index contributed by atoms with van der Waals surface area (Å²) in [4.78, 5) is 19.8. The van der Waals surface area contributed by atoms with Crippen LogP contribution in [0.5, 0.6) is 0 Å². The van der Waals surface area contributed by atoms with Crippen LogP contribution in [0.25, 0.3) is 0 Å². The lowest BCUT2D eigenvalue weighted by Gasteiger charge is -2.04. The Balaban J connectivity index is 0. The molecular weight excluding hydrogens is 200 g/mol. The first-order chi connectivity index (χ1) is 6.63. The smallest absolute Gasteiger partial charge is 0.303 e. The lowest BCUT2D eigenvalue weighted by Crippen LogP contribution is -2.10. The summed E-state index contributed by atoms with van der Waals surface area (Å²) in [5.41, 5.74) is -0.500. The van der Waals surface area contributed by atoms with E-state index in [0.717, 1.165) is 0 Å². The van der Waals surface area contributed by atoms with Gasteiger partial charge in [-0.15, -0.1) is 0 Å². The van der Waals surface area contributed by atoms with Gasteiger partial charge in [-0.1, -0.05) is 0 Å². The summed E-state index contributed by atoms with van der Waals surface area (Å²) < 4.78 is 0. The normalized spacial score (nSPS) is 10.1. The first-order valence-corrected chi connectivity index (χ1v) is 4.79. The molecule has 3 N–H and O–H groups in total. The van der Waals surface area contributed by atoms with Gasteiger partial charge in [0.15, 0.2) is 0 Å². The van der Waals surface area contributed by atoms with Crippen LogP contribution < -0.4 is 0 Å². The highest BCUT2D eigenvalue weighted by Gasteiger charge is 1.99. The summed E-state index contributed by atoms with van der Waals surface area (Å²) in [7, 11) is 0. The molecule has 0 unspecified atom stereocenters. The van der Waals surface area contributed by atoms with E-state index in [9.17, 15) is 9.59 Å². The Hall–Kier alpha value is -1.10. The van der Waals surface area contributed by atoms with Gasteiger partial charge in [0.1, 0.15) is 0 Å². The second-order valence-electron chi connectivity index (χ2n) is 4.17. The van der Waals surface area contributed by atoms with E-state index in [1.54, 1.807) is 20.8 Å². The summed E-state index contributed by atoms with van der Waals surface area (Å²) in [6, 6.07) is 0. The third-order valence-electron chi connectivity index (χ3n) is 1.03. The number of rotatable bonds is 5. The molecule has 0 aliphatic heterocycles. The van der Waals surface area contributed by atoms with Crippen molar-refractivity contribution in [2.45, 2.75) is 52.1 Å². The maximum atomic E-state index is 9.90. The predicted octanol–water partition coefficient (Wildman–Crippen LogP) is 1.49. The zero-order chi connectivity index (χ0) is 12.5. The Labute approximate surface area is 89.7 Å². The Morgan fingerprint density at radius 3 is 1.27 bits per heavy atom. The van der Waals surface area contributed by atoms with Crippen molar-refractivity contribution in [3.05, 3.63) is 0 Å². The van der Waals surface area contributed by atoms with Gasteiger partial charge in [0.2, 0.25) is 0 Å². The molecule has 15 heavy (non-hydrogen) atoms. The van der Waals surface area contributed by atoms with Crippen molar-refractivity contribution in [3.8, 4) is 0 Å². The van der Waals surface area contributed by atoms with E-state index < -0.39 is 17.5 Å². The van der Waals surface area contributed by atoms with Gasteiger partial charge < -0.3 is 15.3 Å². The van der Waals surface area contributed by atoms with Crippen LogP contribution in [0.1, 0.15) is 46.5 Å². The molecule has 0 aromatic heterocycles. The molecule has 0 aromatic rings. The molecule has 0 radical (unpaired) electrons. The Morgan fingerprint density at radius 2 is 1.13 bits per heavy atom. The largest absolute Gasteiger partial charge is 0.481 e. The minimum atomic E-state index is -0.870. The Kier molecular flexibility index (Phi) is 8.96. The molecule has 0 bridgehead atoms. The molecule has 0 spiro atoms. The molecule has 0 amide bonds. The summed E-state index contributed by atoms with van der Waals surface area (Å²) in [5.74, 6) is -1.74. The van der Waals surface area contributed by atoms with E-state index in [4.69, 9.17) is 15.3 Å². The van der Waals surface area contributed by atoms with Crippen LogP contribution in [-0.4, -0.2) is 32.9 Å². The number of aliphatic hydroxyl groups is 1. The van der Waals surface area contributed by atoms with Crippen molar-refractivity contribution < 1.29 is 24.9 Å². The van der Waals surface area contributed by atoms with Crippen molar-refractivity contribution in [2.75, 3.05) is 0 Å². The number of carboxylic acids is 2. The van der Waals surface area contributed by atoms with Crippen molar-refractivity contribution in [1.82, 2.24) is 0 Å². The number of unbranched alkanes of at least 4 members (excludes halogenated alkanes) is 1. The zero-order valence-electron chi connectivity index (χ0n) is 9.49. The average molecular weight is 220 g/mol. The minimum absolute atomic E-state index is 0.0628. The molecule has 0 saturated heterocycles. The number of carbonyl (C=O) groups is 2. The highest BCUT2D eigenvalue weighted by atomic mass is 16.4. The van der Waals surface area contributed by atoms with Crippen LogP contribution in [0.3, 0.4) is 0 Å². The number of carboxylic acid groups (broad SMARTS) is 2.